The number of ether oxygens (including phenoxy) is 1. The lowest BCUT2D eigenvalue weighted by molar-refractivity contribution is 0.138. The van der Waals surface area contributed by atoms with Crippen molar-refractivity contribution in [1.29, 1.82) is 0 Å². The zero-order valence-corrected chi connectivity index (χ0v) is 6.94. The lowest BCUT2D eigenvalue weighted by Gasteiger charge is -1.98. The van der Waals surface area contributed by atoms with E-state index in [0.717, 1.165) is 12.8 Å². The quantitative estimate of drug-likeness (QED) is 0.464. The van der Waals surface area contributed by atoms with Crippen molar-refractivity contribution < 1.29 is 17.0 Å². The standard InChI is InChI=1S/C6H11FO3S/c7-11(8,9)4-3-10-5-6-1-2-6/h6H,1-5H2. The molecule has 0 aromatic rings. The molecule has 0 heterocycles. The highest BCUT2D eigenvalue weighted by Crippen LogP contribution is 2.28. The summed E-state index contributed by atoms with van der Waals surface area (Å²) in [5, 5.41) is 0. The van der Waals surface area contributed by atoms with Crippen molar-refractivity contribution >= 4 is 10.2 Å². The predicted molar refractivity (Wildman–Crippen MR) is 38.4 cm³/mol. The number of halogens is 1. The van der Waals surface area contributed by atoms with Gasteiger partial charge in [-0.15, -0.1) is 3.89 Å². The van der Waals surface area contributed by atoms with E-state index in [9.17, 15) is 12.3 Å². The first-order chi connectivity index (χ1) is 5.08. The highest BCUT2D eigenvalue weighted by atomic mass is 32.3. The van der Waals surface area contributed by atoms with Gasteiger partial charge in [0.05, 0.1) is 6.61 Å². The molecule has 66 valence electrons. The molecule has 1 rings (SSSR count). The maximum absolute atomic E-state index is 11.8. The van der Waals surface area contributed by atoms with Crippen LogP contribution in [0.25, 0.3) is 0 Å². The summed E-state index contributed by atoms with van der Waals surface area (Å²) in [5.41, 5.74) is 0. The van der Waals surface area contributed by atoms with Crippen LogP contribution in [0, 0.1) is 5.92 Å². The summed E-state index contributed by atoms with van der Waals surface area (Å²) in [6.45, 7) is 0.560. The monoisotopic (exact) mass is 182 g/mol. The Morgan fingerprint density at radius 1 is 1.45 bits per heavy atom. The third-order valence-electron chi connectivity index (χ3n) is 1.52. The molecule has 0 radical (unpaired) electrons. The van der Waals surface area contributed by atoms with Gasteiger partial charge in [-0.25, -0.2) is 0 Å². The minimum Gasteiger partial charge on any atom is -0.380 e. The van der Waals surface area contributed by atoms with E-state index < -0.39 is 16.0 Å². The molecule has 11 heavy (non-hydrogen) atoms. The Hall–Kier alpha value is -0.160. The molecule has 0 N–H and O–H groups in total. The van der Waals surface area contributed by atoms with Gasteiger partial charge in [0.2, 0.25) is 0 Å². The zero-order chi connectivity index (χ0) is 8.32. The summed E-state index contributed by atoms with van der Waals surface area (Å²) in [6, 6.07) is 0. The molecule has 0 atom stereocenters. The zero-order valence-electron chi connectivity index (χ0n) is 6.12. The fourth-order valence-electron chi connectivity index (χ4n) is 0.693. The molecular weight excluding hydrogens is 171 g/mol. The fourth-order valence-corrected chi connectivity index (χ4v) is 1.01. The Balaban J connectivity index is 1.95. The molecule has 3 nitrogen and oxygen atoms in total. The molecule has 5 heteroatoms. The van der Waals surface area contributed by atoms with Crippen LogP contribution in [0.15, 0.2) is 0 Å². The molecule has 0 aromatic carbocycles. The van der Waals surface area contributed by atoms with Crippen LogP contribution in [0.5, 0.6) is 0 Å². The predicted octanol–water partition coefficient (Wildman–Crippen LogP) is 0.712. The lowest BCUT2D eigenvalue weighted by Crippen LogP contribution is -2.08. The van der Waals surface area contributed by atoms with Crippen molar-refractivity contribution in [3.8, 4) is 0 Å². The maximum Gasteiger partial charge on any atom is 0.304 e. The van der Waals surface area contributed by atoms with Crippen molar-refractivity contribution in [1.82, 2.24) is 0 Å². The van der Waals surface area contributed by atoms with Crippen molar-refractivity contribution in [2.24, 2.45) is 5.92 Å². The normalized spacial score (nSPS) is 18.6. The highest BCUT2D eigenvalue weighted by molar-refractivity contribution is 7.86. The molecule has 0 spiro atoms. The van der Waals surface area contributed by atoms with Gasteiger partial charge in [-0.2, -0.15) is 8.42 Å². The van der Waals surface area contributed by atoms with Crippen molar-refractivity contribution in [2.75, 3.05) is 19.0 Å². The average molecular weight is 182 g/mol. The smallest absolute Gasteiger partial charge is 0.304 e. The Labute approximate surface area is 65.8 Å². The van der Waals surface area contributed by atoms with Gasteiger partial charge in [-0.3, -0.25) is 0 Å². The summed E-state index contributed by atoms with van der Waals surface area (Å²) in [4.78, 5) is 0. The van der Waals surface area contributed by atoms with Crippen LogP contribution in [0.4, 0.5) is 3.89 Å². The topological polar surface area (TPSA) is 43.4 Å². The summed E-state index contributed by atoms with van der Waals surface area (Å²) in [6.07, 6.45) is 2.31. The highest BCUT2D eigenvalue weighted by Gasteiger charge is 2.21. The number of hydrogen-bond donors (Lipinski definition) is 0. The van der Waals surface area contributed by atoms with Gasteiger partial charge >= 0.3 is 10.2 Å². The third-order valence-corrected chi connectivity index (χ3v) is 2.18. The second-order valence-corrected chi connectivity index (χ2v) is 4.25. The van der Waals surface area contributed by atoms with Crippen LogP contribution < -0.4 is 0 Å². The van der Waals surface area contributed by atoms with E-state index in [0.29, 0.717) is 12.5 Å². The van der Waals surface area contributed by atoms with E-state index >= 15 is 0 Å². The van der Waals surface area contributed by atoms with E-state index in [2.05, 4.69) is 0 Å². The van der Waals surface area contributed by atoms with Gasteiger partial charge in [0.15, 0.2) is 0 Å². The minimum absolute atomic E-state index is 0.0185. The number of rotatable bonds is 5. The molecule has 0 aromatic heterocycles. The molecule has 1 fully saturated rings. The molecule has 0 aliphatic heterocycles. The third kappa shape index (κ3) is 5.15. The van der Waals surface area contributed by atoms with E-state index in [-0.39, 0.29) is 6.61 Å². The molecule has 1 aliphatic carbocycles. The molecule has 1 aliphatic rings. The van der Waals surface area contributed by atoms with E-state index in [1.165, 1.54) is 0 Å². The van der Waals surface area contributed by atoms with Crippen molar-refractivity contribution in [3.63, 3.8) is 0 Å². The van der Waals surface area contributed by atoms with Gasteiger partial charge in [0, 0.05) is 6.61 Å². The van der Waals surface area contributed by atoms with Crippen LogP contribution >= 0.6 is 0 Å². The second kappa shape index (κ2) is 3.49. The second-order valence-electron chi connectivity index (χ2n) is 2.76. The summed E-state index contributed by atoms with van der Waals surface area (Å²) in [5.74, 6) is 0.0806. The summed E-state index contributed by atoms with van der Waals surface area (Å²) in [7, 11) is -4.33. The molecule has 1 saturated carbocycles. The first-order valence-electron chi connectivity index (χ1n) is 3.58. The molecule has 0 amide bonds. The fraction of sp³-hybridized carbons (Fsp3) is 1.00. The van der Waals surface area contributed by atoms with E-state index in [4.69, 9.17) is 4.74 Å². The van der Waals surface area contributed by atoms with Crippen LogP contribution in [-0.4, -0.2) is 27.4 Å². The van der Waals surface area contributed by atoms with Gasteiger partial charge in [0.1, 0.15) is 5.75 Å². The number of hydrogen-bond acceptors (Lipinski definition) is 3. The summed E-state index contributed by atoms with van der Waals surface area (Å²) < 4.78 is 36.6. The molecule has 0 bridgehead atoms. The molecule has 0 unspecified atom stereocenters. The Kier molecular flexibility index (Phi) is 2.84. The SMILES string of the molecule is O=S(=O)(F)CCOCC1CC1. The van der Waals surface area contributed by atoms with Crippen molar-refractivity contribution in [3.05, 3.63) is 0 Å². The van der Waals surface area contributed by atoms with Crippen LogP contribution in [-0.2, 0) is 15.0 Å². The van der Waals surface area contributed by atoms with Gasteiger partial charge in [-0.1, -0.05) is 0 Å². The molecule has 0 saturated heterocycles. The van der Waals surface area contributed by atoms with Crippen LogP contribution in [0.3, 0.4) is 0 Å². The Bertz CT molecular complexity index is 208. The van der Waals surface area contributed by atoms with Gasteiger partial charge < -0.3 is 4.74 Å². The van der Waals surface area contributed by atoms with Crippen LogP contribution in [0.1, 0.15) is 12.8 Å². The molecular formula is C6H11FO3S. The van der Waals surface area contributed by atoms with Gasteiger partial charge in [-0.05, 0) is 18.8 Å². The van der Waals surface area contributed by atoms with Crippen LogP contribution in [0.2, 0.25) is 0 Å². The lowest BCUT2D eigenvalue weighted by atomic mass is 10.5. The Morgan fingerprint density at radius 3 is 2.55 bits per heavy atom. The Morgan fingerprint density at radius 2 is 2.09 bits per heavy atom. The summed E-state index contributed by atoms with van der Waals surface area (Å²) >= 11 is 0. The maximum atomic E-state index is 11.8. The van der Waals surface area contributed by atoms with E-state index in [1.807, 2.05) is 0 Å². The largest absolute Gasteiger partial charge is 0.380 e. The van der Waals surface area contributed by atoms with E-state index in [1.54, 1.807) is 0 Å². The minimum atomic E-state index is -4.33. The average Bonchev–Trinajstić information content (AvgIpc) is 2.60. The first-order valence-corrected chi connectivity index (χ1v) is 5.13. The van der Waals surface area contributed by atoms with Gasteiger partial charge in [0.25, 0.3) is 0 Å². The first kappa shape index (κ1) is 8.93. The van der Waals surface area contributed by atoms with Crippen molar-refractivity contribution in [2.45, 2.75) is 12.8 Å².